The molecule has 0 aromatic carbocycles. The van der Waals surface area contributed by atoms with Crippen LogP contribution in [0.15, 0.2) is 0 Å². The summed E-state index contributed by atoms with van der Waals surface area (Å²) in [5, 5.41) is 0. The zero-order valence-electron chi connectivity index (χ0n) is 4.75. The molecule has 0 aromatic rings. The van der Waals surface area contributed by atoms with Gasteiger partial charge in [0.15, 0.2) is 0 Å². The lowest BCUT2D eigenvalue weighted by Crippen LogP contribution is -2.23. The van der Waals surface area contributed by atoms with Crippen LogP contribution >= 0.6 is 0 Å². The molecule has 1 atom stereocenters. The molecule has 8 heavy (non-hydrogen) atoms. The van der Waals surface area contributed by atoms with Crippen molar-refractivity contribution in [3.8, 4) is 0 Å². The van der Waals surface area contributed by atoms with Crippen molar-refractivity contribution in [2.45, 2.75) is 19.9 Å². The smallest absolute Gasteiger partial charge is 0.283 e. The first-order chi connectivity index (χ1) is 3.63. The van der Waals surface area contributed by atoms with Gasteiger partial charge in [0.05, 0.1) is 0 Å². The van der Waals surface area contributed by atoms with Crippen LogP contribution in [0.5, 0.6) is 0 Å². The van der Waals surface area contributed by atoms with E-state index in [0.29, 0.717) is 0 Å². The Morgan fingerprint density at radius 1 is 1.75 bits per heavy atom. The molecule has 50 valence electrons. The van der Waals surface area contributed by atoms with Crippen LogP contribution in [-0.2, 0) is 15.6 Å². The van der Waals surface area contributed by atoms with Gasteiger partial charge >= 0.3 is 11.4 Å². The minimum absolute atomic E-state index is 0.0612. The molecule has 0 aliphatic heterocycles. The van der Waals surface area contributed by atoms with Crippen LogP contribution in [0, 0.1) is 0 Å². The maximum absolute atomic E-state index is 9.73. The Balaban J connectivity index is 3.05. The van der Waals surface area contributed by atoms with Gasteiger partial charge in [0.25, 0.3) is 0 Å². The Hall–Kier alpha value is 0.0300. The molecule has 0 amide bonds. The van der Waals surface area contributed by atoms with Gasteiger partial charge in [-0.25, -0.2) is 0 Å². The maximum Gasteiger partial charge on any atom is 0.319 e. The molecule has 0 rings (SSSR count). The lowest BCUT2D eigenvalue weighted by atomic mass is 10.4. The summed E-state index contributed by atoms with van der Waals surface area (Å²) in [6.45, 7) is 3.60. The number of rotatable bonds is 3. The predicted molar refractivity (Wildman–Crippen MR) is 30.1 cm³/mol. The number of nitrogens with one attached hydrogen (secondary N) is 1. The molecule has 0 saturated heterocycles. The topological polar surface area (TPSA) is 58.6 Å². The largest absolute Gasteiger partial charge is 0.319 e. The van der Waals surface area contributed by atoms with Crippen molar-refractivity contribution < 1.29 is 13.0 Å². The van der Waals surface area contributed by atoms with Crippen molar-refractivity contribution in [3.63, 3.8) is 0 Å². The van der Waals surface area contributed by atoms with Crippen LogP contribution in [-0.4, -0.2) is 14.8 Å². The molecule has 0 radical (unpaired) electrons. The third-order valence-electron chi connectivity index (χ3n) is 0.355. The standard InChI is InChI=1S/C3H9NO3S/c1-3(2)4-7-8(5)6/h3-4H,1-2H3,(H,5,6). The molecule has 0 aliphatic carbocycles. The summed E-state index contributed by atoms with van der Waals surface area (Å²) in [6, 6.07) is 0.0612. The molecule has 0 fully saturated rings. The Kier molecular flexibility index (Phi) is 3.98. The van der Waals surface area contributed by atoms with E-state index in [2.05, 4.69) is 9.76 Å². The first kappa shape index (κ1) is 8.03. The van der Waals surface area contributed by atoms with Gasteiger partial charge < -0.3 is 0 Å². The van der Waals surface area contributed by atoms with Gasteiger partial charge in [0, 0.05) is 6.04 Å². The number of hydrogen-bond acceptors (Lipinski definition) is 3. The highest BCUT2D eigenvalue weighted by Gasteiger charge is 1.93. The summed E-state index contributed by atoms with van der Waals surface area (Å²) in [6.07, 6.45) is 0. The molecule has 0 heterocycles. The second-order valence-corrected chi connectivity index (χ2v) is 2.17. The van der Waals surface area contributed by atoms with Gasteiger partial charge in [-0.2, -0.15) is 14.0 Å². The van der Waals surface area contributed by atoms with Crippen molar-refractivity contribution in [2.24, 2.45) is 0 Å². The summed E-state index contributed by atoms with van der Waals surface area (Å²) < 4.78 is 21.8. The summed E-state index contributed by atoms with van der Waals surface area (Å²) in [5.74, 6) is 0. The van der Waals surface area contributed by atoms with E-state index < -0.39 is 11.4 Å². The van der Waals surface area contributed by atoms with E-state index in [9.17, 15) is 4.21 Å². The number of hydroxylamine groups is 1. The van der Waals surface area contributed by atoms with Crippen LogP contribution in [0.3, 0.4) is 0 Å². The lowest BCUT2D eigenvalue weighted by Gasteiger charge is -2.01. The molecule has 0 aliphatic rings. The van der Waals surface area contributed by atoms with E-state index in [1.165, 1.54) is 0 Å². The zero-order valence-corrected chi connectivity index (χ0v) is 5.57. The molecule has 5 heteroatoms. The highest BCUT2D eigenvalue weighted by Crippen LogP contribution is 1.77. The van der Waals surface area contributed by atoms with E-state index in [0.717, 1.165) is 0 Å². The van der Waals surface area contributed by atoms with Crippen molar-refractivity contribution in [3.05, 3.63) is 0 Å². The predicted octanol–water partition coefficient (Wildman–Crippen LogP) is 0.0527. The molecular formula is C3H9NO3S. The molecule has 4 nitrogen and oxygen atoms in total. The lowest BCUT2D eigenvalue weighted by molar-refractivity contribution is 0.172. The second-order valence-electron chi connectivity index (χ2n) is 1.57. The molecule has 0 spiro atoms. The molecule has 1 unspecified atom stereocenters. The van der Waals surface area contributed by atoms with Crippen molar-refractivity contribution >= 4 is 11.4 Å². The van der Waals surface area contributed by atoms with E-state index in [1.54, 1.807) is 13.8 Å². The van der Waals surface area contributed by atoms with Gasteiger partial charge in [-0.05, 0) is 13.8 Å². The molecule has 2 N–H and O–H groups in total. The Morgan fingerprint density at radius 3 is 2.38 bits per heavy atom. The van der Waals surface area contributed by atoms with Crippen LogP contribution in [0.2, 0.25) is 0 Å². The van der Waals surface area contributed by atoms with Gasteiger partial charge in [0.1, 0.15) is 0 Å². The third-order valence-corrected chi connectivity index (χ3v) is 0.594. The maximum atomic E-state index is 9.73. The normalized spacial score (nSPS) is 14.5. The minimum Gasteiger partial charge on any atom is -0.283 e. The number of hydrogen-bond donors (Lipinski definition) is 2. The molecule has 0 saturated carbocycles. The summed E-state index contributed by atoms with van der Waals surface area (Å²) in [4.78, 5) is 0. The van der Waals surface area contributed by atoms with Crippen molar-refractivity contribution in [1.29, 1.82) is 0 Å². The Labute approximate surface area is 50.7 Å². The molecule has 0 aromatic heterocycles. The summed E-state index contributed by atoms with van der Waals surface area (Å²) in [7, 11) is 0. The SMILES string of the molecule is CC(C)NOS(=O)O. The van der Waals surface area contributed by atoms with E-state index in [4.69, 9.17) is 4.55 Å². The van der Waals surface area contributed by atoms with Crippen LogP contribution in [0.4, 0.5) is 0 Å². The highest BCUT2D eigenvalue weighted by atomic mass is 32.2. The van der Waals surface area contributed by atoms with Crippen molar-refractivity contribution in [2.75, 3.05) is 0 Å². The first-order valence-corrected chi connectivity index (χ1v) is 3.20. The summed E-state index contributed by atoms with van der Waals surface area (Å²) in [5.41, 5.74) is 2.29. The zero-order chi connectivity index (χ0) is 6.57. The second kappa shape index (κ2) is 3.96. The van der Waals surface area contributed by atoms with Gasteiger partial charge in [0.2, 0.25) is 0 Å². The third kappa shape index (κ3) is 6.03. The fourth-order valence-electron chi connectivity index (χ4n) is 0.137. The van der Waals surface area contributed by atoms with E-state index in [-0.39, 0.29) is 6.04 Å². The van der Waals surface area contributed by atoms with Gasteiger partial charge in [-0.15, -0.1) is 0 Å². The average molecular weight is 139 g/mol. The van der Waals surface area contributed by atoms with E-state index >= 15 is 0 Å². The molecular weight excluding hydrogens is 130 g/mol. The van der Waals surface area contributed by atoms with Gasteiger partial charge in [-0.1, -0.05) is 0 Å². The van der Waals surface area contributed by atoms with E-state index in [1.807, 2.05) is 0 Å². The van der Waals surface area contributed by atoms with Crippen molar-refractivity contribution in [1.82, 2.24) is 5.48 Å². The summed E-state index contributed by atoms with van der Waals surface area (Å²) >= 11 is -2.20. The monoisotopic (exact) mass is 139 g/mol. The Morgan fingerprint density at radius 2 is 2.25 bits per heavy atom. The average Bonchev–Trinajstić information content (AvgIpc) is 1.61. The van der Waals surface area contributed by atoms with Gasteiger partial charge in [-0.3, -0.25) is 4.55 Å². The first-order valence-electron chi connectivity index (χ1n) is 2.16. The fourth-order valence-corrected chi connectivity index (χ4v) is 0.412. The molecule has 0 bridgehead atoms. The Bertz CT molecular complexity index is 84.6. The van der Waals surface area contributed by atoms with Crippen LogP contribution in [0.1, 0.15) is 13.8 Å². The van der Waals surface area contributed by atoms with Crippen LogP contribution < -0.4 is 5.48 Å². The quantitative estimate of drug-likeness (QED) is 0.428. The highest BCUT2D eigenvalue weighted by molar-refractivity contribution is 7.74. The fraction of sp³-hybridized carbons (Fsp3) is 1.00. The minimum atomic E-state index is -2.20. The van der Waals surface area contributed by atoms with Crippen LogP contribution in [0.25, 0.3) is 0 Å².